The maximum absolute atomic E-state index is 13.5. The van der Waals surface area contributed by atoms with E-state index < -0.39 is 58.9 Å². The van der Waals surface area contributed by atoms with Crippen molar-refractivity contribution in [1.82, 2.24) is 9.80 Å². The van der Waals surface area contributed by atoms with Gasteiger partial charge in [0.25, 0.3) is 0 Å². The molecule has 0 spiro atoms. The van der Waals surface area contributed by atoms with E-state index in [0.717, 1.165) is 11.9 Å². The minimum atomic E-state index is -5.06. The number of halogens is 7. The van der Waals surface area contributed by atoms with Gasteiger partial charge in [-0.2, -0.15) is 26.3 Å². The number of likely N-dealkylation sites (N-methyl/N-ethyl adjacent to an activating group) is 1. The smallest absolute Gasteiger partial charge is 0.369 e. The number of urea groups is 1. The first-order valence-electron chi connectivity index (χ1n) is 11.1. The van der Waals surface area contributed by atoms with Crippen LogP contribution in [0.15, 0.2) is 42.5 Å². The van der Waals surface area contributed by atoms with Crippen molar-refractivity contribution in [3.8, 4) is 0 Å². The molecule has 13 heteroatoms. The fourth-order valence-corrected chi connectivity index (χ4v) is 4.49. The third-order valence-corrected chi connectivity index (χ3v) is 6.38. The summed E-state index contributed by atoms with van der Waals surface area (Å²) >= 11 is 0. The van der Waals surface area contributed by atoms with E-state index in [1.165, 1.54) is 36.2 Å². The quantitative estimate of drug-likeness (QED) is 0.566. The number of carbonyl (C=O) groups is 2. The molecule has 3 rings (SSSR count). The van der Waals surface area contributed by atoms with Crippen molar-refractivity contribution in [3.63, 3.8) is 0 Å². The Morgan fingerprint density at radius 1 is 0.973 bits per heavy atom. The van der Waals surface area contributed by atoms with Crippen LogP contribution in [0.25, 0.3) is 0 Å². The van der Waals surface area contributed by atoms with Crippen LogP contribution in [-0.2, 0) is 17.1 Å². The van der Waals surface area contributed by atoms with Gasteiger partial charge in [0.2, 0.25) is 5.91 Å². The van der Waals surface area contributed by atoms with Crippen LogP contribution >= 0.6 is 0 Å². The Bertz CT molecular complexity index is 1100. The molecule has 202 valence electrons. The van der Waals surface area contributed by atoms with Crippen molar-refractivity contribution in [3.05, 3.63) is 65.0 Å². The van der Waals surface area contributed by atoms with Gasteiger partial charge in [0.15, 0.2) is 0 Å². The van der Waals surface area contributed by atoms with Crippen molar-refractivity contribution >= 4 is 17.6 Å². The van der Waals surface area contributed by atoms with E-state index in [9.17, 15) is 40.3 Å². The number of alkyl halides is 6. The topological polar surface area (TPSA) is 69.9 Å². The monoisotopic (exact) mass is 534 g/mol. The van der Waals surface area contributed by atoms with Gasteiger partial charge >= 0.3 is 18.4 Å². The summed E-state index contributed by atoms with van der Waals surface area (Å²) in [6, 6.07) is 5.05. The lowest BCUT2D eigenvalue weighted by atomic mass is 9.85. The summed E-state index contributed by atoms with van der Waals surface area (Å²) in [5.41, 5.74) is 2.28. The number of piperidine rings is 1. The largest absolute Gasteiger partial charge is 0.416 e. The lowest BCUT2D eigenvalue weighted by Gasteiger charge is -2.43. The number of benzene rings is 2. The number of anilines is 1. The van der Waals surface area contributed by atoms with Crippen LogP contribution in [-0.4, -0.2) is 61.5 Å². The SMILES string of the molecule is CN(C(=O)N(C)[C@@H]1CCN(CC(N)=O)C[C@H]1c1ccc(F)cc1)c1cc(C(F)(F)F)cc(C(F)(F)F)c1. The molecule has 2 atom stereocenters. The fraction of sp³-hybridized carbons (Fsp3) is 0.417. The molecule has 1 heterocycles. The molecular formula is C24H25F7N4O2. The summed E-state index contributed by atoms with van der Waals surface area (Å²) in [6.07, 6.45) is -9.80. The van der Waals surface area contributed by atoms with E-state index >= 15 is 0 Å². The number of hydrogen-bond donors (Lipinski definition) is 1. The number of hydrogen-bond acceptors (Lipinski definition) is 3. The first-order chi connectivity index (χ1) is 17.1. The molecule has 1 aliphatic rings. The van der Waals surface area contributed by atoms with E-state index in [1.54, 1.807) is 4.90 Å². The Kier molecular flexibility index (Phi) is 8.06. The summed E-state index contributed by atoms with van der Waals surface area (Å²) in [6.45, 7) is 0.573. The molecule has 0 unspecified atom stereocenters. The molecule has 2 N–H and O–H groups in total. The molecule has 2 aromatic rings. The second-order valence-corrected chi connectivity index (χ2v) is 8.93. The average Bonchev–Trinajstić information content (AvgIpc) is 2.81. The number of primary amides is 1. The van der Waals surface area contributed by atoms with Gasteiger partial charge in [0.1, 0.15) is 5.82 Å². The summed E-state index contributed by atoms with van der Waals surface area (Å²) in [7, 11) is 2.48. The Hall–Kier alpha value is -3.35. The van der Waals surface area contributed by atoms with E-state index in [-0.39, 0.29) is 19.2 Å². The maximum Gasteiger partial charge on any atom is 0.416 e. The van der Waals surface area contributed by atoms with E-state index in [2.05, 4.69) is 0 Å². The Balaban J connectivity index is 1.93. The van der Waals surface area contributed by atoms with E-state index in [0.29, 0.717) is 30.7 Å². The molecular weight excluding hydrogens is 509 g/mol. The molecule has 37 heavy (non-hydrogen) atoms. The molecule has 1 saturated heterocycles. The summed E-state index contributed by atoms with van der Waals surface area (Å²) in [4.78, 5) is 28.4. The van der Waals surface area contributed by atoms with Crippen molar-refractivity contribution < 1.29 is 40.3 Å². The molecule has 3 amide bonds. The van der Waals surface area contributed by atoms with Gasteiger partial charge < -0.3 is 10.6 Å². The number of nitrogens with zero attached hydrogens (tertiary/aromatic N) is 3. The fourth-order valence-electron chi connectivity index (χ4n) is 4.49. The summed E-state index contributed by atoms with van der Waals surface area (Å²) in [5.74, 6) is -1.49. The standard InChI is InChI=1S/C24H25F7N4O2/c1-33(18-10-15(23(26,27)28)9-16(11-18)24(29,30)31)22(37)34(2)20-7-8-35(13-21(32)36)12-19(20)14-3-5-17(25)6-4-14/h3-6,9-11,19-20H,7-8,12-13H2,1-2H3,(H2,32,36)/t19-,20+/m0/s1. The molecule has 0 radical (unpaired) electrons. The van der Waals surface area contributed by atoms with Crippen LogP contribution < -0.4 is 10.6 Å². The lowest BCUT2D eigenvalue weighted by molar-refractivity contribution is -0.143. The van der Waals surface area contributed by atoms with Gasteiger partial charge in [0.05, 0.1) is 17.7 Å². The van der Waals surface area contributed by atoms with Crippen LogP contribution in [0.4, 0.5) is 41.2 Å². The number of rotatable bonds is 5. The highest BCUT2D eigenvalue weighted by molar-refractivity contribution is 5.92. The average molecular weight is 534 g/mol. The van der Waals surface area contributed by atoms with Crippen molar-refractivity contribution in [2.75, 3.05) is 38.6 Å². The first-order valence-corrected chi connectivity index (χ1v) is 11.1. The third-order valence-electron chi connectivity index (χ3n) is 6.38. The lowest BCUT2D eigenvalue weighted by Crippen LogP contribution is -2.54. The van der Waals surface area contributed by atoms with Crippen LogP contribution in [0, 0.1) is 5.82 Å². The predicted molar refractivity (Wildman–Crippen MR) is 121 cm³/mol. The van der Waals surface area contributed by atoms with E-state index in [1.807, 2.05) is 0 Å². The van der Waals surface area contributed by atoms with Crippen LogP contribution in [0.3, 0.4) is 0 Å². The zero-order valence-corrected chi connectivity index (χ0v) is 19.9. The second-order valence-electron chi connectivity index (χ2n) is 8.93. The molecule has 0 saturated carbocycles. The van der Waals surface area contributed by atoms with Crippen LogP contribution in [0.2, 0.25) is 0 Å². The Morgan fingerprint density at radius 3 is 2.00 bits per heavy atom. The minimum Gasteiger partial charge on any atom is -0.369 e. The molecule has 0 bridgehead atoms. The molecule has 1 aliphatic heterocycles. The molecule has 0 aliphatic carbocycles. The Morgan fingerprint density at radius 2 is 1.51 bits per heavy atom. The number of likely N-dealkylation sites (tertiary alicyclic amines) is 1. The van der Waals surface area contributed by atoms with Crippen LogP contribution in [0.1, 0.15) is 29.0 Å². The van der Waals surface area contributed by atoms with Crippen molar-refractivity contribution in [2.45, 2.75) is 30.7 Å². The van der Waals surface area contributed by atoms with Crippen molar-refractivity contribution in [2.24, 2.45) is 5.73 Å². The minimum absolute atomic E-state index is 0.00937. The van der Waals surface area contributed by atoms with Gasteiger partial charge in [-0.25, -0.2) is 9.18 Å². The molecule has 1 fully saturated rings. The Labute approximate surface area is 208 Å². The highest BCUT2D eigenvalue weighted by atomic mass is 19.4. The second kappa shape index (κ2) is 10.6. The van der Waals surface area contributed by atoms with Gasteiger partial charge in [-0.05, 0) is 42.3 Å². The van der Waals surface area contributed by atoms with Gasteiger partial charge in [0, 0.05) is 44.8 Å². The first kappa shape index (κ1) is 28.2. The van der Waals surface area contributed by atoms with Crippen molar-refractivity contribution in [1.29, 1.82) is 0 Å². The molecule has 2 aromatic carbocycles. The third kappa shape index (κ3) is 6.70. The van der Waals surface area contributed by atoms with E-state index in [4.69, 9.17) is 5.73 Å². The summed E-state index contributed by atoms with van der Waals surface area (Å²) < 4.78 is 93.3. The number of nitrogens with two attached hydrogens (primary N) is 1. The highest BCUT2D eigenvalue weighted by Gasteiger charge is 2.39. The number of carbonyl (C=O) groups excluding carboxylic acids is 2. The number of amides is 3. The zero-order valence-electron chi connectivity index (χ0n) is 19.9. The van der Waals surface area contributed by atoms with Gasteiger partial charge in [-0.15, -0.1) is 0 Å². The maximum atomic E-state index is 13.5. The highest BCUT2D eigenvalue weighted by Crippen LogP contribution is 2.39. The van der Waals surface area contributed by atoms with Crippen LogP contribution in [0.5, 0.6) is 0 Å². The zero-order chi connectivity index (χ0) is 27.7. The molecule has 6 nitrogen and oxygen atoms in total. The van der Waals surface area contributed by atoms with Gasteiger partial charge in [-0.3, -0.25) is 14.6 Å². The predicted octanol–water partition coefficient (Wildman–Crippen LogP) is 4.69. The summed E-state index contributed by atoms with van der Waals surface area (Å²) in [5, 5.41) is 0. The van der Waals surface area contributed by atoms with Gasteiger partial charge in [-0.1, -0.05) is 12.1 Å². The normalized spacial score (nSPS) is 18.9. The molecule has 0 aromatic heterocycles.